The van der Waals surface area contributed by atoms with Gasteiger partial charge in [0.15, 0.2) is 0 Å². The molecule has 1 fully saturated rings. The van der Waals surface area contributed by atoms with Crippen molar-refractivity contribution in [3.8, 4) is 0 Å². The zero-order valence-electron chi connectivity index (χ0n) is 11.4. The molecule has 1 atom stereocenters. The van der Waals surface area contributed by atoms with Gasteiger partial charge in [0, 0.05) is 25.9 Å². The van der Waals surface area contributed by atoms with Crippen molar-refractivity contribution in [2.45, 2.75) is 58.3 Å². The van der Waals surface area contributed by atoms with Crippen molar-refractivity contribution in [1.82, 2.24) is 4.90 Å². The Bertz CT molecular complexity index is 278. The van der Waals surface area contributed by atoms with E-state index in [9.17, 15) is 9.59 Å². The fourth-order valence-electron chi connectivity index (χ4n) is 2.49. The lowest BCUT2D eigenvalue weighted by Crippen LogP contribution is -2.32. The Hall–Kier alpha value is -1.06. The summed E-state index contributed by atoms with van der Waals surface area (Å²) in [6, 6.07) is 0. The Morgan fingerprint density at radius 2 is 2.11 bits per heavy atom. The van der Waals surface area contributed by atoms with Crippen LogP contribution in [0.4, 0.5) is 0 Å². The molecule has 104 valence electrons. The molecular formula is C14H25NO3. The molecule has 0 aliphatic carbocycles. The molecule has 1 N–H and O–H groups in total. The fraction of sp³-hybridized carbons (Fsp3) is 0.857. The molecule has 0 radical (unpaired) electrons. The molecule has 18 heavy (non-hydrogen) atoms. The average Bonchev–Trinajstić information content (AvgIpc) is 2.54. The monoisotopic (exact) mass is 255 g/mol. The SMILES string of the molecule is CCC(CCC(=O)O)CCN1CCCCCC1=O. The second-order valence-electron chi connectivity index (χ2n) is 5.19. The van der Waals surface area contributed by atoms with Gasteiger partial charge in [-0.25, -0.2) is 0 Å². The van der Waals surface area contributed by atoms with Gasteiger partial charge in [-0.05, 0) is 31.6 Å². The van der Waals surface area contributed by atoms with Gasteiger partial charge < -0.3 is 10.0 Å². The van der Waals surface area contributed by atoms with Crippen molar-refractivity contribution in [2.75, 3.05) is 13.1 Å². The molecule has 0 aromatic carbocycles. The third-order valence-electron chi connectivity index (χ3n) is 3.82. The standard InChI is InChI=1S/C14H25NO3/c1-2-12(7-8-14(17)18)9-11-15-10-5-3-4-6-13(15)16/h12H,2-11H2,1H3,(H,17,18). The minimum Gasteiger partial charge on any atom is -0.481 e. The molecule has 1 heterocycles. The maximum Gasteiger partial charge on any atom is 0.303 e. The van der Waals surface area contributed by atoms with E-state index in [1.54, 1.807) is 0 Å². The van der Waals surface area contributed by atoms with Crippen LogP contribution in [-0.4, -0.2) is 35.0 Å². The van der Waals surface area contributed by atoms with Crippen LogP contribution >= 0.6 is 0 Å². The van der Waals surface area contributed by atoms with Gasteiger partial charge in [0.05, 0.1) is 0 Å². The maximum absolute atomic E-state index is 11.8. The first-order valence-electron chi connectivity index (χ1n) is 7.13. The van der Waals surface area contributed by atoms with E-state index in [4.69, 9.17) is 5.11 Å². The van der Waals surface area contributed by atoms with Crippen LogP contribution < -0.4 is 0 Å². The minimum atomic E-state index is -0.723. The fourth-order valence-corrected chi connectivity index (χ4v) is 2.49. The van der Waals surface area contributed by atoms with E-state index in [0.717, 1.165) is 51.6 Å². The van der Waals surface area contributed by atoms with Crippen molar-refractivity contribution in [3.05, 3.63) is 0 Å². The summed E-state index contributed by atoms with van der Waals surface area (Å²) in [5.74, 6) is -0.0166. The smallest absolute Gasteiger partial charge is 0.303 e. The van der Waals surface area contributed by atoms with Crippen LogP contribution in [0, 0.1) is 5.92 Å². The summed E-state index contributed by atoms with van der Waals surface area (Å²) in [4.78, 5) is 24.3. The van der Waals surface area contributed by atoms with Gasteiger partial charge >= 0.3 is 5.97 Å². The van der Waals surface area contributed by atoms with Gasteiger partial charge in [0.2, 0.25) is 5.91 Å². The molecule has 4 nitrogen and oxygen atoms in total. The highest BCUT2D eigenvalue weighted by Gasteiger charge is 2.18. The normalized spacial score (nSPS) is 18.5. The molecular weight excluding hydrogens is 230 g/mol. The topological polar surface area (TPSA) is 57.6 Å². The second-order valence-corrected chi connectivity index (χ2v) is 5.19. The number of hydrogen-bond acceptors (Lipinski definition) is 2. The van der Waals surface area contributed by atoms with Gasteiger partial charge in [-0.3, -0.25) is 9.59 Å². The third kappa shape index (κ3) is 5.52. The van der Waals surface area contributed by atoms with Gasteiger partial charge in [0.25, 0.3) is 0 Å². The lowest BCUT2D eigenvalue weighted by molar-refractivity contribution is -0.137. The molecule has 0 aromatic heterocycles. The number of carbonyl (C=O) groups excluding carboxylic acids is 1. The van der Waals surface area contributed by atoms with Crippen LogP contribution in [0.3, 0.4) is 0 Å². The minimum absolute atomic E-state index is 0.243. The van der Waals surface area contributed by atoms with E-state index in [0.29, 0.717) is 12.3 Å². The van der Waals surface area contributed by atoms with Gasteiger partial charge in [-0.1, -0.05) is 19.8 Å². The first-order chi connectivity index (χ1) is 8.63. The summed E-state index contributed by atoms with van der Waals surface area (Å²) in [6.07, 6.45) is 6.87. The summed E-state index contributed by atoms with van der Waals surface area (Å²) < 4.78 is 0. The zero-order chi connectivity index (χ0) is 13.4. The molecule has 1 aliphatic rings. The summed E-state index contributed by atoms with van der Waals surface area (Å²) in [5.41, 5.74) is 0. The first-order valence-corrected chi connectivity index (χ1v) is 7.13. The molecule has 1 unspecified atom stereocenters. The molecule has 0 bridgehead atoms. The third-order valence-corrected chi connectivity index (χ3v) is 3.82. The largest absolute Gasteiger partial charge is 0.481 e. The number of nitrogens with zero attached hydrogens (tertiary/aromatic N) is 1. The Balaban J connectivity index is 2.31. The number of carboxylic acids is 1. The number of amides is 1. The highest BCUT2D eigenvalue weighted by molar-refractivity contribution is 5.76. The molecule has 4 heteroatoms. The Morgan fingerprint density at radius 3 is 2.78 bits per heavy atom. The number of likely N-dealkylation sites (tertiary alicyclic amines) is 1. The first kappa shape index (κ1) is 15.0. The van der Waals surface area contributed by atoms with Gasteiger partial charge in [0.1, 0.15) is 0 Å². The summed E-state index contributed by atoms with van der Waals surface area (Å²) in [7, 11) is 0. The summed E-state index contributed by atoms with van der Waals surface area (Å²) in [5, 5.41) is 8.69. The van der Waals surface area contributed by atoms with E-state index < -0.39 is 5.97 Å². The van der Waals surface area contributed by atoms with Gasteiger partial charge in [-0.15, -0.1) is 0 Å². The molecule has 0 spiro atoms. The number of carbonyl (C=O) groups is 2. The van der Waals surface area contributed by atoms with E-state index in [1.807, 2.05) is 4.90 Å². The van der Waals surface area contributed by atoms with Crippen LogP contribution in [0.5, 0.6) is 0 Å². The van der Waals surface area contributed by atoms with Crippen molar-refractivity contribution in [2.24, 2.45) is 5.92 Å². The molecule has 1 amide bonds. The van der Waals surface area contributed by atoms with Crippen LogP contribution in [-0.2, 0) is 9.59 Å². The van der Waals surface area contributed by atoms with Crippen molar-refractivity contribution in [3.63, 3.8) is 0 Å². The Kier molecular flexibility index (Phi) is 6.76. The van der Waals surface area contributed by atoms with Crippen LogP contribution in [0.25, 0.3) is 0 Å². The summed E-state index contributed by atoms with van der Waals surface area (Å²) >= 11 is 0. The van der Waals surface area contributed by atoms with Crippen molar-refractivity contribution < 1.29 is 14.7 Å². The van der Waals surface area contributed by atoms with Crippen LogP contribution in [0.2, 0.25) is 0 Å². The highest BCUT2D eigenvalue weighted by atomic mass is 16.4. The predicted molar refractivity (Wildman–Crippen MR) is 70.3 cm³/mol. The lowest BCUT2D eigenvalue weighted by atomic mass is 9.96. The number of hydrogen-bond donors (Lipinski definition) is 1. The second kappa shape index (κ2) is 8.11. The molecule has 1 rings (SSSR count). The van der Waals surface area contributed by atoms with E-state index >= 15 is 0 Å². The lowest BCUT2D eigenvalue weighted by Gasteiger charge is -2.23. The molecule has 1 aliphatic heterocycles. The van der Waals surface area contributed by atoms with Crippen LogP contribution in [0.15, 0.2) is 0 Å². The predicted octanol–water partition coefficient (Wildman–Crippen LogP) is 2.67. The summed E-state index contributed by atoms with van der Waals surface area (Å²) in [6.45, 7) is 3.78. The quantitative estimate of drug-likeness (QED) is 0.761. The van der Waals surface area contributed by atoms with Gasteiger partial charge in [-0.2, -0.15) is 0 Å². The van der Waals surface area contributed by atoms with Crippen molar-refractivity contribution >= 4 is 11.9 Å². The molecule has 0 aromatic rings. The van der Waals surface area contributed by atoms with E-state index in [2.05, 4.69) is 6.92 Å². The average molecular weight is 255 g/mol. The Labute approximate surface area is 109 Å². The van der Waals surface area contributed by atoms with E-state index in [1.165, 1.54) is 0 Å². The van der Waals surface area contributed by atoms with Crippen LogP contribution in [0.1, 0.15) is 58.3 Å². The van der Waals surface area contributed by atoms with E-state index in [-0.39, 0.29) is 12.3 Å². The molecule has 0 saturated carbocycles. The highest BCUT2D eigenvalue weighted by Crippen LogP contribution is 2.18. The zero-order valence-corrected chi connectivity index (χ0v) is 11.4. The number of rotatable bonds is 7. The Morgan fingerprint density at radius 1 is 1.33 bits per heavy atom. The number of carboxylic acid groups (broad SMARTS) is 1. The maximum atomic E-state index is 11.8. The van der Waals surface area contributed by atoms with Crippen molar-refractivity contribution in [1.29, 1.82) is 0 Å². The number of aliphatic carboxylic acids is 1. The molecule has 1 saturated heterocycles.